The predicted octanol–water partition coefficient (Wildman–Crippen LogP) is 6.52. The second kappa shape index (κ2) is 16.6. The number of hydrogen-bond acceptors (Lipinski definition) is 9. The normalized spacial score (nSPS) is 15.7. The Morgan fingerprint density at radius 3 is 2.42 bits per heavy atom. The molecule has 276 valence electrons. The highest BCUT2D eigenvalue weighted by atomic mass is 16.5. The lowest BCUT2D eigenvalue weighted by atomic mass is 9.71. The summed E-state index contributed by atoms with van der Waals surface area (Å²) in [5.41, 5.74) is 5.93. The van der Waals surface area contributed by atoms with Gasteiger partial charge in [0.2, 0.25) is 0 Å². The van der Waals surface area contributed by atoms with Crippen LogP contribution in [0.5, 0.6) is 28.7 Å². The highest BCUT2D eigenvalue weighted by Gasteiger charge is 2.38. The molecule has 0 aliphatic heterocycles. The van der Waals surface area contributed by atoms with Gasteiger partial charge in [0.1, 0.15) is 23.1 Å². The summed E-state index contributed by atoms with van der Waals surface area (Å²) in [5, 5.41) is 54.4. The second-order valence-electron chi connectivity index (χ2n) is 13.7. The lowest BCUT2D eigenvalue weighted by Crippen LogP contribution is -2.33. The van der Waals surface area contributed by atoms with Gasteiger partial charge in [0.05, 0.1) is 19.6 Å². The number of Topliss-reactive ketones (excluding diaryl/α,β-unsaturated/α-hetero) is 2. The van der Waals surface area contributed by atoms with E-state index >= 15 is 0 Å². The molecule has 3 atom stereocenters. The summed E-state index contributed by atoms with van der Waals surface area (Å²) < 4.78 is 5.20. The number of aliphatic hydroxyl groups excluding tert-OH is 1. The van der Waals surface area contributed by atoms with Gasteiger partial charge in [-0.25, -0.2) is 0 Å². The summed E-state index contributed by atoms with van der Waals surface area (Å²) in [6.07, 6.45) is 6.77. The molecule has 11 nitrogen and oxygen atoms in total. The number of fused-ring (bicyclic) bond motifs is 1. The number of aliphatic hydroxyl groups is 1. The van der Waals surface area contributed by atoms with E-state index in [2.05, 4.69) is 15.3 Å². The Bertz CT molecular complexity index is 2100. The number of methoxy groups -OCH3 is 1. The van der Waals surface area contributed by atoms with Crippen LogP contribution in [0, 0.1) is 5.92 Å². The topological polar surface area (TPSA) is 188 Å². The molecule has 53 heavy (non-hydrogen) atoms. The number of nitrogens with one attached hydrogen (secondary N) is 3. The van der Waals surface area contributed by atoms with Crippen LogP contribution in [0.4, 0.5) is 5.82 Å². The van der Waals surface area contributed by atoms with Gasteiger partial charge in [0.25, 0.3) is 0 Å². The minimum atomic E-state index is -0.760. The van der Waals surface area contributed by atoms with E-state index in [0.717, 1.165) is 44.9 Å². The number of phenolic OH excluding ortho intramolecular Hbond substituents is 4. The Morgan fingerprint density at radius 2 is 1.62 bits per heavy atom. The lowest BCUT2D eigenvalue weighted by molar-refractivity contribution is -0.129. The molecule has 3 unspecified atom stereocenters. The van der Waals surface area contributed by atoms with Crippen molar-refractivity contribution < 1.29 is 39.9 Å². The first kappa shape index (κ1) is 36.8. The fourth-order valence-corrected chi connectivity index (χ4v) is 7.22. The standard InChI is InChI=1S/C42H45N3O8/c1-53-40-20-26(7-12-37(40)50)6-10-32(48)23-39(52)41-29(24-45-42-28(13-15-44-42)17-27-8-11-36(49)38(51)19-27)21-35-33(14-16-43-35)34(41)22-31(47)9-5-25-3-2-4-30(46)18-25/h2-4,7-8,11-16,18-21,31,34,41,43-47,49-51H,5-6,9-10,17,22-24H2,1H3. The van der Waals surface area contributed by atoms with Crippen LogP contribution in [0.2, 0.25) is 0 Å². The monoisotopic (exact) mass is 719 g/mol. The molecule has 5 aromatic rings. The van der Waals surface area contributed by atoms with Crippen molar-refractivity contribution in [2.45, 2.75) is 57.0 Å². The molecule has 2 aromatic heterocycles. The van der Waals surface area contributed by atoms with E-state index in [4.69, 9.17) is 4.74 Å². The maximum atomic E-state index is 14.3. The third-order valence-electron chi connectivity index (χ3n) is 9.94. The first-order valence-corrected chi connectivity index (χ1v) is 17.7. The molecular formula is C42H45N3O8. The number of ether oxygens (including phenoxy) is 1. The molecule has 1 aliphatic carbocycles. The number of anilines is 1. The molecule has 1 aliphatic rings. The number of carbonyl (C=O) groups is 2. The highest BCUT2D eigenvalue weighted by molar-refractivity contribution is 6.02. The van der Waals surface area contributed by atoms with Crippen LogP contribution in [0.15, 0.2) is 90.8 Å². The Hall–Kier alpha value is -5.94. The van der Waals surface area contributed by atoms with Gasteiger partial charge in [-0.05, 0) is 114 Å². The van der Waals surface area contributed by atoms with Crippen LogP contribution >= 0.6 is 0 Å². The minimum Gasteiger partial charge on any atom is -0.508 e. The largest absolute Gasteiger partial charge is 0.508 e. The number of hydrogen-bond donors (Lipinski definition) is 8. The summed E-state index contributed by atoms with van der Waals surface area (Å²) in [7, 11) is 1.46. The summed E-state index contributed by atoms with van der Waals surface area (Å²) >= 11 is 0. The molecule has 0 spiro atoms. The van der Waals surface area contributed by atoms with E-state index < -0.39 is 17.9 Å². The summed E-state index contributed by atoms with van der Waals surface area (Å²) in [6, 6.07) is 20.4. The first-order valence-electron chi connectivity index (χ1n) is 17.7. The van der Waals surface area contributed by atoms with Gasteiger partial charge in [0.15, 0.2) is 23.0 Å². The number of phenols is 4. The molecule has 3 aromatic carbocycles. The third-order valence-corrected chi connectivity index (χ3v) is 9.94. The average Bonchev–Trinajstić information content (AvgIpc) is 3.80. The zero-order valence-corrected chi connectivity index (χ0v) is 29.5. The minimum absolute atomic E-state index is 0.00775. The van der Waals surface area contributed by atoms with Crippen LogP contribution in [0.1, 0.15) is 65.1 Å². The third kappa shape index (κ3) is 9.11. The Kier molecular flexibility index (Phi) is 11.5. The SMILES string of the molecule is COc1cc(CCC(=O)CC(=O)C2C(CNc3[nH]ccc3Cc3ccc(O)c(O)c3)=Cc3[nH]ccc3C2CC(O)CCc2cccc(O)c2)ccc1O. The predicted molar refractivity (Wildman–Crippen MR) is 202 cm³/mol. The molecule has 0 saturated carbocycles. The van der Waals surface area contributed by atoms with E-state index in [9.17, 15) is 35.1 Å². The van der Waals surface area contributed by atoms with Gasteiger partial charge >= 0.3 is 0 Å². The number of aromatic nitrogens is 2. The smallest absolute Gasteiger partial charge is 0.160 e. The Labute approximate surface area is 307 Å². The van der Waals surface area contributed by atoms with Crippen LogP contribution in [-0.4, -0.2) is 66.8 Å². The summed E-state index contributed by atoms with van der Waals surface area (Å²) in [6.45, 7) is 0.278. The number of benzene rings is 3. The molecule has 0 saturated heterocycles. The van der Waals surface area contributed by atoms with Crippen molar-refractivity contribution in [1.29, 1.82) is 0 Å². The van der Waals surface area contributed by atoms with Crippen molar-refractivity contribution in [3.63, 3.8) is 0 Å². The van der Waals surface area contributed by atoms with Crippen molar-refractivity contribution in [3.8, 4) is 28.7 Å². The zero-order valence-electron chi connectivity index (χ0n) is 29.5. The van der Waals surface area contributed by atoms with Gasteiger partial charge in [-0.1, -0.05) is 24.3 Å². The zero-order chi connectivity index (χ0) is 37.5. The molecule has 11 heteroatoms. The number of aromatic hydroxyl groups is 4. The fraction of sp³-hybridized carbons (Fsp3) is 0.286. The van der Waals surface area contributed by atoms with Crippen LogP contribution < -0.4 is 10.1 Å². The number of aryl methyl sites for hydroxylation is 2. The van der Waals surface area contributed by atoms with E-state index in [-0.39, 0.29) is 60.4 Å². The van der Waals surface area contributed by atoms with Crippen LogP contribution in [0.3, 0.4) is 0 Å². The van der Waals surface area contributed by atoms with Crippen molar-refractivity contribution in [2.75, 3.05) is 19.0 Å². The molecule has 0 amide bonds. The molecule has 0 bridgehead atoms. The molecule has 0 fully saturated rings. The van der Waals surface area contributed by atoms with Crippen LogP contribution in [-0.2, 0) is 28.9 Å². The number of aromatic amines is 2. The molecule has 2 heterocycles. The fourth-order valence-electron chi connectivity index (χ4n) is 7.22. The number of carbonyl (C=O) groups excluding carboxylic acids is 2. The number of ketones is 2. The quantitative estimate of drug-likeness (QED) is 0.0391. The highest BCUT2D eigenvalue weighted by Crippen LogP contribution is 2.43. The van der Waals surface area contributed by atoms with Gasteiger partial charge in [-0.15, -0.1) is 0 Å². The van der Waals surface area contributed by atoms with Crippen molar-refractivity contribution in [3.05, 3.63) is 124 Å². The molecule has 0 radical (unpaired) electrons. The van der Waals surface area contributed by atoms with Crippen molar-refractivity contribution in [1.82, 2.24) is 9.97 Å². The lowest BCUT2D eigenvalue weighted by Gasteiger charge is -2.34. The van der Waals surface area contributed by atoms with Crippen molar-refractivity contribution in [2.24, 2.45) is 5.92 Å². The van der Waals surface area contributed by atoms with E-state index in [0.29, 0.717) is 31.4 Å². The van der Waals surface area contributed by atoms with Crippen LogP contribution in [0.25, 0.3) is 6.08 Å². The number of H-pyrrole nitrogens is 2. The Balaban J connectivity index is 1.21. The van der Waals surface area contributed by atoms with E-state index in [1.54, 1.807) is 42.6 Å². The summed E-state index contributed by atoms with van der Waals surface area (Å²) in [4.78, 5) is 34.2. The molecular weight excluding hydrogens is 674 g/mol. The Morgan fingerprint density at radius 1 is 0.849 bits per heavy atom. The van der Waals surface area contributed by atoms with E-state index in [1.165, 1.54) is 25.3 Å². The second-order valence-corrected chi connectivity index (χ2v) is 13.7. The van der Waals surface area contributed by atoms with Gasteiger partial charge in [-0.3, -0.25) is 9.59 Å². The van der Waals surface area contributed by atoms with E-state index in [1.807, 2.05) is 30.5 Å². The van der Waals surface area contributed by atoms with Gasteiger partial charge < -0.3 is 45.6 Å². The molecule has 6 rings (SSSR count). The van der Waals surface area contributed by atoms with Gasteiger partial charge in [-0.2, -0.15) is 0 Å². The van der Waals surface area contributed by atoms with Crippen molar-refractivity contribution >= 4 is 23.5 Å². The average molecular weight is 720 g/mol. The molecule has 8 N–H and O–H groups in total. The van der Waals surface area contributed by atoms with Gasteiger partial charge in [0, 0.05) is 49.3 Å². The maximum Gasteiger partial charge on any atom is 0.160 e. The summed E-state index contributed by atoms with van der Waals surface area (Å²) in [5.74, 6) is -0.703. The first-order chi connectivity index (χ1) is 25.6. The number of rotatable bonds is 17. The maximum absolute atomic E-state index is 14.3.